The zero-order chi connectivity index (χ0) is 15.7. The molecular weight excluding hydrogens is 282 g/mol. The Kier molecular flexibility index (Phi) is 3.91. The lowest BCUT2D eigenvalue weighted by Gasteiger charge is -2.24. The highest BCUT2D eigenvalue weighted by molar-refractivity contribution is 5.87. The maximum Gasteiger partial charge on any atom is 0.335 e. The predicted octanol–water partition coefficient (Wildman–Crippen LogP) is 2.16. The molecule has 1 saturated carbocycles. The fourth-order valence-electron chi connectivity index (χ4n) is 3.40. The van der Waals surface area contributed by atoms with E-state index in [-0.39, 0.29) is 22.8 Å². The number of benzene rings is 1. The van der Waals surface area contributed by atoms with Crippen LogP contribution in [-0.4, -0.2) is 42.1 Å². The fraction of sp³-hybridized carbons (Fsp3) is 0.529. The Labute approximate surface area is 129 Å². The Balaban J connectivity index is 1.59. The summed E-state index contributed by atoms with van der Waals surface area (Å²) >= 11 is 0. The van der Waals surface area contributed by atoms with E-state index in [1.807, 2.05) is 7.05 Å². The molecule has 2 aliphatic rings. The molecule has 1 aromatic carbocycles. The Hall–Kier alpha value is -1.88. The van der Waals surface area contributed by atoms with Gasteiger partial charge in [-0.25, -0.2) is 4.79 Å². The van der Waals surface area contributed by atoms with Gasteiger partial charge < -0.3 is 14.7 Å². The van der Waals surface area contributed by atoms with Crippen molar-refractivity contribution >= 4 is 11.9 Å². The van der Waals surface area contributed by atoms with Crippen LogP contribution in [0, 0.1) is 11.3 Å². The van der Waals surface area contributed by atoms with E-state index in [1.165, 1.54) is 0 Å². The van der Waals surface area contributed by atoms with E-state index in [2.05, 4.69) is 0 Å². The van der Waals surface area contributed by atoms with Crippen LogP contribution in [0.4, 0.5) is 0 Å². The van der Waals surface area contributed by atoms with E-state index >= 15 is 0 Å². The number of carbonyl (C=O) groups is 2. The van der Waals surface area contributed by atoms with Crippen LogP contribution in [0.3, 0.4) is 0 Å². The van der Waals surface area contributed by atoms with Crippen LogP contribution in [0.15, 0.2) is 24.3 Å². The van der Waals surface area contributed by atoms with Gasteiger partial charge in [0.1, 0.15) is 0 Å². The number of hydrogen-bond donors (Lipinski definition) is 1. The smallest absolute Gasteiger partial charge is 0.335 e. The van der Waals surface area contributed by atoms with Crippen molar-refractivity contribution in [3.05, 3.63) is 35.4 Å². The second kappa shape index (κ2) is 5.72. The molecule has 1 amide bonds. The molecular formula is C17H21NO4. The van der Waals surface area contributed by atoms with Gasteiger partial charge in [-0.2, -0.15) is 0 Å². The quantitative estimate of drug-likeness (QED) is 0.925. The summed E-state index contributed by atoms with van der Waals surface area (Å²) in [6.45, 7) is 2.05. The molecule has 2 fully saturated rings. The summed E-state index contributed by atoms with van der Waals surface area (Å²) in [7, 11) is 1.82. The van der Waals surface area contributed by atoms with Gasteiger partial charge in [-0.3, -0.25) is 4.79 Å². The van der Waals surface area contributed by atoms with Crippen LogP contribution in [0.5, 0.6) is 0 Å². The molecule has 0 bridgehead atoms. The largest absolute Gasteiger partial charge is 0.478 e. The second-order valence-corrected chi connectivity index (χ2v) is 6.43. The Morgan fingerprint density at radius 2 is 1.91 bits per heavy atom. The van der Waals surface area contributed by atoms with Crippen molar-refractivity contribution in [2.45, 2.75) is 25.8 Å². The van der Waals surface area contributed by atoms with Gasteiger partial charge >= 0.3 is 5.97 Å². The lowest BCUT2D eigenvalue weighted by Crippen LogP contribution is -2.31. The highest BCUT2D eigenvalue weighted by atomic mass is 16.5. The minimum Gasteiger partial charge on any atom is -0.478 e. The highest BCUT2D eigenvalue weighted by Gasteiger charge is 2.58. The molecule has 1 aromatic rings. The number of carbonyl (C=O) groups excluding carboxylic acids is 1. The molecule has 1 aliphatic carbocycles. The molecule has 5 nitrogen and oxygen atoms in total. The van der Waals surface area contributed by atoms with Gasteiger partial charge in [-0.15, -0.1) is 0 Å². The zero-order valence-corrected chi connectivity index (χ0v) is 12.7. The van der Waals surface area contributed by atoms with Crippen molar-refractivity contribution in [1.29, 1.82) is 0 Å². The first-order chi connectivity index (χ1) is 10.5. The number of rotatable bonds is 4. The van der Waals surface area contributed by atoms with Gasteiger partial charge in [0.2, 0.25) is 5.91 Å². The molecule has 1 aliphatic heterocycles. The number of ether oxygens (including phenoxy) is 1. The van der Waals surface area contributed by atoms with E-state index in [0.717, 1.165) is 38.0 Å². The summed E-state index contributed by atoms with van der Waals surface area (Å²) in [5, 5.41) is 8.89. The van der Waals surface area contributed by atoms with Gasteiger partial charge in [-0.05, 0) is 42.4 Å². The Bertz CT molecular complexity index is 575. The monoisotopic (exact) mass is 303 g/mol. The van der Waals surface area contributed by atoms with Crippen LogP contribution >= 0.6 is 0 Å². The summed E-state index contributed by atoms with van der Waals surface area (Å²) in [6.07, 6.45) is 2.96. The minimum absolute atomic E-state index is 0.139. The second-order valence-electron chi connectivity index (χ2n) is 6.43. The first kappa shape index (κ1) is 15.0. The molecule has 5 heteroatoms. The normalized spacial score (nSPS) is 22.3. The van der Waals surface area contributed by atoms with E-state index < -0.39 is 5.97 Å². The first-order valence-electron chi connectivity index (χ1n) is 7.67. The number of amides is 1. The third-order valence-electron chi connectivity index (χ3n) is 4.97. The van der Waals surface area contributed by atoms with Gasteiger partial charge in [0.05, 0.1) is 5.56 Å². The third-order valence-corrected chi connectivity index (χ3v) is 4.97. The summed E-state index contributed by atoms with van der Waals surface area (Å²) < 4.78 is 5.39. The molecule has 1 spiro atoms. The number of carboxylic acids is 1. The minimum atomic E-state index is -0.935. The van der Waals surface area contributed by atoms with Crippen molar-refractivity contribution in [3.63, 3.8) is 0 Å². The predicted molar refractivity (Wildman–Crippen MR) is 80.5 cm³/mol. The molecule has 0 unspecified atom stereocenters. The molecule has 22 heavy (non-hydrogen) atoms. The van der Waals surface area contributed by atoms with Crippen LogP contribution in [0.25, 0.3) is 0 Å². The van der Waals surface area contributed by atoms with Gasteiger partial charge in [0.25, 0.3) is 0 Å². The van der Waals surface area contributed by atoms with Crippen molar-refractivity contribution in [2.24, 2.45) is 11.3 Å². The number of carboxylic acid groups (broad SMARTS) is 1. The molecule has 0 radical (unpaired) electrons. The highest BCUT2D eigenvalue weighted by Crippen LogP contribution is 2.59. The number of hydrogen-bond acceptors (Lipinski definition) is 3. The molecule has 1 heterocycles. The van der Waals surface area contributed by atoms with Crippen LogP contribution < -0.4 is 0 Å². The molecule has 3 rings (SSSR count). The third kappa shape index (κ3) is 2.86. The maximum absolute atomic E-state index is 12.5. The summed E-state index contributed by atoms with van der Waals surface area (Å²) in [6, 6.07) is 6.69. The SMILES string of the molecule is CN(Cc1ccc(C(=O)O)cc1)C(=O)[C@@H]1CC12CCOCC2. The van der Waals surface area contributed by atoms with Gasteiger partial charge in [0, 0.05) is 32.7 Å². The van der Waals surface area contributed by atoms with Gasteiger partial charge in [0.15, 0.2) is 0 Å². The molecule has 118 valence electrons. The first-order valence-corrected chi connectivity index (χ1v) is 7.67. The number of nitrogens with zero attached hydrogens (tertiary/aromatic N) is 1. The van der Waals surface area contributed by atoms with Gasteiger partial charge in [-0.1, -0.05) is 12.1 Å². The average Bonchev–Trinajstić information content (AvgIpc) is 3.20. The van der Waals surface area contributed by atoms with E-state index in [9.17, 15) is 9.59 Å². The Morgan fingerprint density at radius 3 is 2.50 bits per heavy atom. The summed E-state index contributed by atoms with van der Waals surface area (Å²) in [5.41, 5.74) is 1.40. The molecule has 1 saturated heterocycles. The molecule has 1 atom stereocenters. The van der Waals surface area contributed by atoms with Crippen molar-refractivity contribution in [2.75, 3.05) is 20.3 Å². The lowest BCUT2D eigenvalue weighted by molar-refractivity contribution is -0.133. The van der Waals surface area contributed by atoms with E-state index in [1.54, 1.807) is 29.2 Å². The Morgan fingerprint density at radius 1 is 1.27 bits per heavy atom. The van der Waals surface area contributed by atoms with E-state index in [4.69, 9.17) is 9.84 Å². The molecule has 0 aromatic heterocycles. The summed E-state index contributed by atoms with van der Waals surface area (Å²) in [4.78, 5) is 25.1. The average molecular weight is 303 g/mol. The topological polar surface area (TPSA) is 66.8 Å². The maximum atomic E-state index is 12.5. The zero-order valence-electron chi connectivity index (χ0n) is 12.7. The fourth-order valence-corrected chi connectivity index (χ4v) is 3.40. The van der Waals surface area contributed by atoms with Crippen LogP contribution in [0.2, 0.25) is 0 Å². The van der Waals surface area contributed by atoms with Crippen molar-refractivity contribution in [1.82, 2.24) is 4.90 Å². The van der Waals surface area contributed by atoms with Crippen LogP contribution in [-0.2, 0) is 16.1 Å². The summed E-state index contributed by atoms with van der Waals surface area (Å²) in [5.74, 6) is -0.598. The van der Waals surface area contributed by atoms with Crippen LogP contribution in [0.1, 0.15) is 35.2 Å². The van der Waals surface area contributed by atoms with Crippen molar-refractivity contribution < 1.29 is 19.4 Å². The van der Waals surface area contributed by atoms with E-state index in [0.29, 0.717) is 6.54 Å². The standard InChI is InChI=1S/C17H21NO4/c1-18(11-12-2-4-13(5-3-12)16(20)21)15(19)14-10-17(14)6-8-22-9-7-17/h2-5,14H,6-11H2,1H3,(H,20,21)/t14-/m0/s1. The molecule has 1 N–H and O–H groups in total. The van der Waals surface area contributed by atoms with Crippen molar-refractivity contribution in [3.8, 4) is 0 Å². The number of aromatic carboxylic acids is 1. The lowest BCUT2D eigenvalue weighted by atomic mass is 9.93.